The fourth-order valence-corrected chi connectivity index (χ4v) is 6.38. The van der Waals surface area contributed by atoms with Crippen molar-refractivity contribution in [1.82, 2.24) is 19.4 Å². The minimum absolute atomic E-state index is 0.0641. The summed E-state index contributed by atoms with van der Waals surface area (Å²) in [5.74, 6) is -5.43. The van der Waals surface area contributed by atoms with Crippen molar-refractivity contribution in [3.63, 3.8) is 0 Å². The molecule has 1 saturated heterocycles. The molecule has 1 aliphatic heterocycles. The molecule has 1 fully saturated rings. The highest BCUT2D eigenvalue weighted by Crippen LogP contribution is 2.31. The van der Waals surface area contributed by atoms with Gasteiger partial charge in [0.1, 0.15) is 12.4 Å². The number of carboxylic acid groups (broad SMARTS) is 2. The molecule has 5 aromatic rings. The maximum absolute atomic E-state index is 14.5. The number of amides is 1. The number of hydrogen-bond acceptors (Lipinski definition) is 9. The number of fused-ring (bicyclic) bond motifs is 1. The Bertz CT molecular complexity index is 2320. The molecule has 1 amide bonds. The van der Waals surface area contributed by atoms with Gasteiger partial charge in [0, 0.05) is 39.1 Å². The van der Waals surface area contributed by atoms with E-state index in [0.29, 0.717) is 42.8 Å². The second-order valence-electron chi connectivity index (χ2n) is 13.8. The van der Waals surface area contributed by atoms with Gasteiger partial charge in [0.25, 0.3) is 5.56 Å². The van der Waals surface area contributed by atoms with Crippen molar-refractivity contribution in [2.75, 3.05) is 39.4 Å². The first kappa shape index (κ1) is 45.0. The van der Waals surface area contributed by atoms with Crippen LogP contribution < -0.4 is 5.56 Å². The van der Waals surface area contributed by atoms with Gasteiger partial charge in [-0.25, -0.2) is 18.4 Å². The average Bonchev–Trinajstić information content (AvgIpc) is 3.24. The number of ether oxygens (including phenoxy) is 1. The Balaban J connectivity index is 0.000000606. The number of morpholine rings is 1. The normalized spacial score (nSPS) is 14.2. The predicted octanol–water partition coefficient (Wildman–Crippen LogP) is 4.38. The lowest BCUT2D eigenvalue weighted by molar-refractivity contribution is -0.165. The van der Waals surface area contributed by atoms with Crippen molar-refractivity contribution in [3.05, 3.63) is 135 Å². The van der Waals surface area contributed by atoms with E-state index in [0.717, 1.165) is 42.4 Å². The first-order valence-corrected chi connectivity index (χ1v) is 18.6. The smallest absolute Gasteiger partial charge is 0.416 e. The lowest BCUT2D eigenvalue weighted by Crippen LogP contribution is -2.43. The third-order valence-electron chi connectivity index (χ3n) is 9.73. The Morgan fingerprint density at radius 1 is 0.800 bits per heavy atom. The summed E-state index contributed by atoms with van der Waals surface area (Å²) in [6.45, 7) is 3.78. The zero-order valence-corrected chi connectivity index (χ0v) is 31.9. The van der Waals surface area contributed by atoms with Crippen molar-refractivity contribution in [2.24, 2.45) is 0 Å². The molecule has 2 heterocycles. The molecule has 0 spiro atoms. The van der Waals surface area contributed by atoms with Gasteiger partial charge in [0.15, 0.2) is 23.8 Å². The summed E-state index contributed by atoms with van der Waals surface area (Å²) >= 11 is 0. The number of carboxylic acids is 2. The zero-order valence-electron chi connectivity index (χ0n) is 31.9. The third-order valence-corrected chi connectivity index (χ3v) is 9.73. The van der Waals surface area contributed by atoms with Crippen LogP contribution in [0, 0.1) is 11.6 Å². The molecule has 13 nitrogen and oxygen atoms in total. The van der Waals surface area contributed by atoms with Crippen LogP contribution in [0.4, 0.5) is 22.0 Å². The van der Waals surface area contributed by atoms with Crippen molar-refractivity contribution < 1.29 is 61.5 Å². The number of aliphatic carboxylic acids is 2. The van der Waals surface area contributed by atoms with E-state index in [1.807, 2.05) is 24.3 Å². The molecule has 0 radical (unpaired) electrons. The van der Waals surface area contributed by atoms with Crippen LogP contribution in [-0.4, -0.2) is 109 Å². The number of hydrogen-bond donors (Lipinski definition) is 4. The number of alkyl halides is 3. The molecule has 0 aliphatic carbocycles. The molecule has 2 atom stereocenters. The van der Waals surface area contributed by atoms with E-state index in [-0.39, 0.29) is 43.2 Å². The van der Waals surface area contributed by atoms with Crippen LogP contribution in [0.1, 0.15) is 22.5 Å². The molecule has 2 unspecified atom stereocenters. The Kier molecular flexibility index (Phi) is 15.2. The zero-order chi connectivity index (χ0) is 43.6. The average molecular weight is 841 g/mol. The van der Waals surface area contributed by atoms with Crippen LogP contribution >= 0.6 is 0 Å². The molecule has 4 aromatic carbocycles. The van der Waals surface area contributed by atoms with Crippen LogP contribution in [0.3, 0.4) is 0 Å². The summed E-state index contributed by atoms with van der Waals surface area (Å²) in [5.41, 5.74) is 1.63. The van der Waals surface area contributed by atoms with Gasteiger partial charge in [-0.15, -0.1) is 0 Å². The number of aliphatic hydroxyl groups is 2. The van der Waals surface area contributed by atoms with Crippen LogP contribution in [-0.2, 0) is 51.2 Å². The molecular weight excluding hydrogens is 799 g/mol. The number of halogens is 5. The molecule has 0 bridgehead atoms. The van der Waals surface area contributed by atoms with E-state index in [2.05, 4.69) is 9.88 Å². The summed E-state index contributed by atoms with van der Waals surface area (Å²) in [4.78, 5) is 55.0. The highest BCUT2D eigenvalue weighted by Gasteiger charge is 2.30. The minimum Gasteiger partial charge on any atom is -0.479 e. The highest BCUT2D eigenvalue weighted by atomic mass is 19.4. The molecule has 318 valence electrons. The number of para-hydroxylation sites is 1. The van der Waals surface area contributed by atoms with Gasteiger partial charge in [0.2, 0.25) is 5.91 Å². The largest absolute Gasteiger partial charge is 0.479 e. The fraction of sp³-hybridized carbons (Fsp3) is 0.310. The van der Waals surface area contributed by atoms with Gasteiger partial charge in [-0.05, 0) is 59.0 Å². The molecule has 6 rings (SSSR count). The maximum atomic E-state index is 14.5. The fourth-order valence-electron chi connectivity index (χ4n) is 6.38. The summed E-state index contributed by atoms with van der Waals surface area (Å²) in [6.07, 6.45) is -8.80. The van der Waals surface area contributed by atoms with Gasteiger partial charge in [0.05, 0.1) is 29.7 Å². The van der Waals surface area contributed by atoms with Crippen LogP contribution in [0.25, 0.3) is 22.0 Å². The second kappa shape index (κ2) is 20.3. The van der Waals surface area contributed by atoms with Gasteiger partial charge in [-0.1, -0.05) is 60.7 Å². The second-order valence-corrected chi connectivity index (χ2v) is 13.8. The molecule has 0 saturated carbocycles. The van der Waals surface area contributed by atoms with Crippen LogP contribution in [0.2, 0.25) is 0 Å². The Morgan fingerprint density at radius 3 is 2.00 bits per heavy atom. The van der Waals surface area contributed by atoms with Gasteiger partial charge in [-0.2, -0.15) is 18.2 Å². The maximum Gasteiger partial charge on any atom is 0.416 e. The quantitative estimate of drug-likeness (QED) is 0.117. The van der Waals surface area contributed by atoms with E-state index < -0.39 is 53.1 Å². The number of aromatic nitrogens is 2. The number of aliphatic hydroxyl groups excluding tert-OH is 2. The van der Waals surface area contributed by atoms with Crippen molar-refractivity contribution in [2.45, 2.75) is 44.3 Å². The monoisotopic (exact) mass is 840 g/mol. The lowest BCUT2D eigenvalue weighted by Gasteiger charge is -2.30. The van der Waals surface area contributed by atoms with Gasteiger partial charge < -0.3 is 34.6 Å². The summed E-state index contributed by atoms with van der Waals surface area (Å²) in [5, 5.41) is 32.9. The van der Waals surface area contributed by atoms with Crippen LogP contribution in [0.5, 0.6) is 0 Å². The van der Waals surface area contributed by atoms with E-state index in [4.69, 9.17) is 25.2 Å². The number of nitrogens with zero attached hydrogens (tertiary/aromatic N) is 4. The molecular formula is C42H41F5N4O9. The number of carbonyl (C=O) groups is 3. The molecule has 1 aliphatic rings. The van der Waals surface area contributed by atoms with E-state index in [1.54, 1.807) is 33.7 Å². The standard InChI is InChI=1S/C38H35F5N4O3.C4H6O6/c39-32-6-3-4-29(36(32)40)14-17-34-44-37(49)31-5-1-2-7-33(31)47(34)25-35(48)46(19-18-45-20-22-50-23-21-45)24-26-8-10-27(11-9-26)28-12-15-30(16-13-28)38(41,42)43;5-1(3(7)8)2(6)4(9)10/h1-13,15-16H,14,17-25H2;1-2,5-6H,(H,7,8)(H,9,10). The number of benzene rings is 4. The Morgan fingerprint density at radius 2 is 1.40 bits per heavy atom. The first-order chi connectivity index (χ1) is 28.5. The lowest BCUT2D eigenvalue weighted by atomic mass is 10.0. The van der Waals surface area contributed by atoms with E-state index >= 15 is 0 Å². The van der Waals surface area contributed by atoms with Crippen molar-refractivity contribution in [3.8, 4) is 11.1 Å². The molecule has 1 aromatic heterocycles. The SMILES string of the molecule is O=C(Cn1c(CCc2cccc(F)c2F)nc(=O)c2ccccc21)N(CCN1CCOCC1)Cc1ccc(-c2ccc(C(F)(F)F)cc2)cc1.O=C(O)C(O)C(O)C(=O)O. The summed E-state index contributed by atoms with van der Waals surface area (Å²) in [6, 6.07) is 23.0. The Labute approximate surface area is 339 Å². The predicted molar refractivity (Wildman–Crippen MR) is 207 cm³/mol. The van der Waals surface area contributed by atoms with Gasteiger partial charge in [-0.3, -0.25) is 14.5 Å². The minimum atomic E-state index is -4.42. The Hall–Kier alpha value is -6.08. The highest BCUT2D eigenvalue weighted by molar-refractivity contribution is 5.83. The van der Waals surface area contributed by atoms with Crippen molar-refractivity contribution in [1.29, 1.82) is 0 Å². The first-order valence-electron chi connectivity index (χ1n) is 18.6. The van der Waals surface area contributed by atoms with E-state index in [9.17, 15) is 41.1 Å². The number of aryl methyl sites for hydroxylation is 2. The molecule has 60 heavy (non-hydrogen) atoms. The van der Waals surface area contributed by atoms with Gasteiger partial charge >= 0.3 is 18.1 Å². The topological polar surface area (TPSA) is 183 Å². The number of rotatable bonds is 14. The van der Waals surface area contributed by atoms with E-state index in [1.165, 1.54) is 24.3 Å². The van der Waals surface area contributed by atoms with Crippen molar-refractivity contribution >= 4 is 28.7 Å². The summed E-state index contributed by atoms with van der Waals surface area (Å²) < 4.78 is 74.7. The molecule has 4 N–H and O–H groups in total. The number of carbonyl (C=O) groups excluding carboxylic acids is 1. The molecule has 18 heteroatoms. The van der Waals surface area contributed by atoms with Crippen LogP contribution in [0.15, 0.2) is 95.8 Å². The third kappa shape index (κ3) is 11.8. The summed E-state index contributed by atoms with van der Waals surface area (Å²) in [7, 11) is 0.